The van der Waals surface area contributed by atoms with Gasteiger partial charge in [0.25, 0.3) is 0 Å². The summed E-state index contributed by atoms with van der Waals surface area (Å²) >= 11 is 2.03. The van der Waals surface area contributed by atoms with Crippen molar-refractivity contribution in [3.63, 3.8) is 0 Å². The first kappa shape index (κ1) is 13.7. The van der Waals surface area contributed by atoms with Gasteiger partial charge in [0.15, 0.2) is 0 Å². The number of hydrogen-bond donors (Lipinski definition) is 1. The van der Waals surface area contributed by atoms with Crippen LogP contribution in [0.25, 0.3) is 0 Å². The third kappa shape index (κ3) is 2.92. The average molecular weight is 283 g/mol. The summed E-state index contributed by atoms with van der Waals surface area (Å²) in [6, 6.07) is 18.2. The van der Waals surface area contributed by atoms with Crippen LogP contribution in [0.1, 0.15) is 16.7 Å². The Bertz CT molecular complexity index is 568. The maximum atomic E-state index is 3.53. The first-order valence-electron chi connectivity index (χ1n) is 7.23. The SMILES string of the molecule is CNC(Cc1cccc(C)c1)C1Cc2ccccc2S1. The highest BCUT2D eigenvalue weighted by molar-refractivity contribution is 8.00. The zero-order chi connectivity index (χ0) is 13.9. The summed E-state index contributed by atoms with van der Waals surface area (Å²) in [5.41, 5.74) is 4.28. The molecule has 104 valence electrons. The lowest BCUT2D eigenvalue weighted by molar-refractivity contribution is 0.537. The van der Waals surface area contributed by atoms with Gasteiger partial charge in [0, 0.05) is 16.2 Å². The maximum absolute atomic E-state index is 3.53. The second kappa shape index (κ2) is 6.02. The van der Waals surface area contributed by atoms with E-state index in [1.807, 2.05) is 11.8 Å². The van der Waals surface area contributed by atoms with E-state index >= 15 is 0 Å². The smallest absolute Gasteiger partial charge is 0.0292 e. The number of aryl methyl sites for hydroxylation is 1. The quantitative estimate of drug-likeness (QED) is 0.915. The van der Waals surface area contributed by atoms with Gasteiger partial charge < -0.3 is 5.32 Å². The van der Waals surface area contributed by atoms with Gasteiger partial charge >= 0.3 is 0 Å². The summed E-state index contributed by atoms with van der Waals surface area (Å²) in [5.74, 6) is 0. The van der Waals surface area contributed by atoms with E-state index in [9.17, 15) is 0 Å². The average Bonchev–Trinajstić information content (AvgIpc) is 2.88. The summed E-state index contributed by atoms with van der Waals surface area (Å²) in [5, 5.41) is 4.16. The molecule has 0 saturated carbocycles. The van der Waals surface area contributed by atoms with Crippen LogP contribution in [0.15, 0.2) is 53.4 Å². The summed E-state index contributed by atoms with van der Waals surface area (Å²) < 4.78 is 0. The van der Waals surface area contributed by atoms with Gasteiger partial charge in [-0.3, -0.25) is 0 Å². The molecule has 0 bridgehead atoms. The van der Waals surface area contributed by atoms with Gasteiger partial charge in [-0.05, 0) is 44.0 Å². The molecule has 0 aromatic heterocycles. The van der Waals surface area contributed by atoms with Crippen molar-refractivity contribution in [2.24, 2.45) is 0 Å². The second-order valence-corrected chi connectivity index (χ2v) is 6.84. The molecule has 1 N–H and O–H groups in total. The Kier molecular flexibility index (Phi) is 4.13. The standard InChI is InChI=1S/C18H21NS/c1-13-6-5-7-14(10-13)11-16(19-2)18-12-15-8-3-4-9-17(15)20-18/h3-10,16,18-19H,11-12H2,1-2H3. The van der Waals surface area contributed by atoms with Crippen LogP contribution in [0.3, 0.4) is 0 Å². The number of thioether (sulfide) groups is 1. The molecule has 1 aliphatic rings. The molecule has 0 fully saturated rings. The zero-order valence-electron chi connectivity index (χ0n) is 12.1. The Morgan fingerprint density at radius 1 is 1.20 bits per heavy atom. The minimum atomic E-state index is 0.522. The van der Waals surface area contributed by atoms with E-state index in [4.69, 9.17) is 0 Å². The topological polar surface area (TPSA) is 12.0 Å². The summed E-state index contributed by atoms with van der Waals surface area (Å²) in [6.07, 6.45) is 2.28. The van der Waals surface area contributed by atoms with Crippen LogP contribution in [-0.4, -0.2) is 18.3 Å². The molecule has 2 heteroatoms. The summed E-state index contributed by atoms with van der Waals surface area (Å²) in [7, 11) is 2.09. The van der Waals surface area contributed by atoms with E-state index in [1.165, 1.54) is 28.0 Å². The molecule has 0 radical (unpaired) electrons. The van der Waals surface area contributed by atoms with Crippen molar-refractivity contribution in [2.45, 2.75) is 36.0 Å². The molecule has 20 heavy (non-hydrogen) atoms. The van der Waals surface area contributed by atoms with E-state index in [0.717, 1.165) is 6.42 Å². The highest BCUT2D eigenvalue weighted by Gasteiger charge is 2.28. The van der Waals surface area contributed by atoms with Gasteiger partial charge in [0.1, 0.15) is 0 Å². The van der Waals surface area contributed by atoms with E-state index in [0.29, 0.717) is 11.3 Å². The maximum Gasteiger partial charge on any atom is 0.0292 e. The Morgan fingerprint density at radius 3 is 2.80 bits per heavy atom. The molecule has 0 aliphatic carbocycles. The van der Waals surface area contributed by atoms with Crippen molar-refractivity contribution in [2.75, 3.05) is 7.05 Å². The number of fused-ring (bicyclic) bond motifs is 1. The van der Waals surface area contributed by atoms with Crippen molar-refractivity contribution < 1.29 is 0 Å². The van der Waals surface area contributed by atoms with Crippen molar-refractivity contribution in [1.82, 2.24) is 5.32 Å². The Hall–Kier alpha value is -1.25. The molecular weight excluding hydrogens is 262 g/mol. The van der Waals surface area contributed by atoms with E-state index in [2.05, 4.69) is 67.8 Å². The Balaban J connectivity index is 1.72. The summed E-state index contributed by atoms with van der Waals surface area (Å²) in [4.78, 5) is 1.46. The number of rotatable bonds is 4. The highest BCUT2D eigenvalue weighted by atomic mass is 32.2. The first-order chi connectivity index (χ1) is 9.76. The number of nitrogens with one attached hydrogen (secondary N) is 1. The van der Waals surface area contributed by atoms with Gasteiger partial charge in [-0.1, -0.05) is 48.0 Å². The predicted molar refractivity (Wildman–Crippen MR) is 87.5 cm³/mol. The van der Waals surface area contributed by atoms with Crippen molar-refractivity contribution in [3.8, 4) is 0 Å². The van der Waals surface area contributed by atoms with Crippen molar-refractivity contribution >= 4 is 11.8 Å². The fourth-order valence-corrected chi connectivity index (χ4v) is 4.39. The first-order valence-corrected chi connectivity index (χ1v) is 8.11. The van der Waals surface area contributed by atoms with Gasteiger partial charge in [0.2, 0.25) is 0 Å². The molecular formula is C18H21NS. The normalized spacial score (nSPS) is 18.8. The van der Waals surface area contributed by atoms with E-state index in [-0.39, 0.29) is 0 Å². The van der Waals surface area contributed by atoms with Crippen LogP contribution in [0.4, 0.5) is 0 Å². The Labute approximate surface area is 125 Å². The van der Waals surface area contributed by atoms with Gasteiger partial charge in [-0.25, -0.2) is 0 Å². The minimum absolute atomic E-state index is 0.522. The van der Waals surface area contributed by atoms with Crippen LogP contribution >= 0.6 is 11.8 Å². The molecule has 1 heterocycles. The van der Waals surface area contributed by atoms with Gasteiger partial charge in [0.05, 0.1) is 0 Å². The summed E-state index contributed by atoms with van der Waals surface area (Å²) in [6.45, 7) is 2.16. The molecule has 2 aromatic carbocycles. The van der Waals surface area contributed by atoms with Gasteiger partial charge in [-0.2, -0.15) is 0 Å². The molecule has 3 rings (SSSR count). The Morgan fingerprint density at radius 2 is 2.05 bits per heavy atom. The zero-order valence-corrected chi connectivity index (χ0v) is 12.9. The van der Waals surface area contributed by atoms with Crippen molar-refractivity contribution in [1.29, 1.82) is 0 Å². The third-order valence-electron chi connectivity index (χ3n) is 4.03. The number of benzene rings is 2. The molecule has 0 saturated heterocycles. The minimum Gasteiger partial charge on any atom is -0.316 e. The van der Waals surface area contributed by atoms with Crippen LogP contribution in [0.2, 0.25) is 0 Å². The fourth-order valence-electron chi connectivity index (χ4n) is 2.95. The largest absolute Gasteiger partial charge is 0.316 e. The molecule has 1 aliphatic heterocycles. The molecule has 0 spiro atoms. The van der Waals surface area contributed by atoms with Gasteiger partial charge in [-0.15, -0.1) is 11.8 Å². The molecule has 1 nitrogen and oxygen atoms in total. The highest BCUT2D eigenvalue weighted by Crippen LogP contribution is 2.38. The van der Waals surface area contributed by atoms with Crippen LogP contribution in [0.5, 0.6) is 0 Å². The molecule has 2 atom stereocenters. The van der Waals surface area contributed by atoms with E-state index < -0.39 is 0 Å². The predicted octanol–water partition coefficient (Wildman–Crippen LogP) is 3.84. The van der Waals surface area contributed by atoms with Crippen LogP contribution in [-0.2, 0) is 12.8 Å². The number of hydrogen-bond acceptors (Lipinski definition) is 2. The number of likely N-dealkylation sites (N-methyl/N-ethyl adjacent to an activating group) is 1. The lowest BCUT2D eigenvalue weighted by atomic mass is 9.98. The lowest BCUT2D eigenvalue weighted by Crippen LogP contribution is -2.37. The monoisotopic (exact) mass is 283 g/mol. The molecule has 0 amide bonds. The van der Waals surface area contributed by atoms with Crippen LogP contribution < -0.4 is 5.32 Å². The second-order valence-electron chi connectivity index (χ2n) is 5.56. The van der Waals surface area contributed by atoms with Crippen molar-refractivity contribution in [3.05, 3.63) is 65.2 Å². The fraction of sp³-hybridized carbons (Fsp3) is 0.333. The molecule has 2 aromatic rings. The lowest BCUT2D eigenvalue weighted by Gasteiger charge is -2.22. The third-order valence-corrected chi connectivity index (χ3v) is 5.48. The molecule has 2 unspecified atom stereocenters. The van der Waals surface area contributed by atoms with E-state index in [1.54, 1.807) is 0 Å². The van der Waals surface area contributed by atoms with Crippen LogP contribution in [0, 0.1) is 6.92 Å².